The van der Waals surface area contributed by atoms with Crippen molar-refractivity contribution in [3.05, 3.63) is 63.9 Å². The van der Waals surface area contributed by atoms with E-state index in [0.29, 0.717) is 17.0 Å². The van der Waals surface area contributed by atoms with Crippen LogP contribution >= 0.6 is 11.6 Å². The average Bonchev–Trinajstić information content (AvgIpc) is 3.63. The molecule has 0 aliphatic heterocycles. The molecule has 0 saturated heterocycles. The SMILES string of the molecule is CNC(=O)c1ccc(C[C@@H](CNC(=O)C[C@H](c2ccc(Cl)cn2)C2(C(F)(F)F)CC2)N(C)C)c(C)c1. The summed E-state index contributed by atoms with van der Waals surface area (Å²) in [6.45, 7) is 2.19. The maximum Gasteiger partial charge on any atom is 0.395 e. The summed E-state index contributed by atoms with van der Waals surface area (Å²) in [6.07, 6.45) is -2.87. The van der Waals surface area contributed by atoms with Gasteiger partial charge in [0.1, 0.15) is 0 Å². The average molecular weight is 525 g/mol. The second-order valence-electron chi connectivity index (χ2n) is 9.66. The van der Waals surface area contributed by atoms with E-state index >= 15 is 0 Å². The number of carbonyl (C=O) groups is 2. The molecule has 36 heavy (non-hydrogen) atoms. The van der Waals surface area contributed by atoms with Gasteiger partial charge in [-0.3, -0.25) is 14.6 Å². The molecular weight excluding hydrogens is 493 g/mol. The zero-order chi connectivity index (χ0) is 26.7. The normalized spacial score (nSPS) is 16.4. The van der Waals surface area contributed by atoms with Crippen molar-refractivity contribution in [3.8, 4) is 0 Å². The number of benzene rings is 1. The monoisotopic (exact) mass is 524 g/mol. The molecule has 2 N–H and O–H groups in total. The summed E-state index contributed by atoms with van der Waals surface area (Å²) in [6, 6.07) is 8.34. The molecule has 1 aromatic heterocycles. The summed E-state index contributed by atoms with van der Waals surface area (Å²) in [5.41, 5.74) is 0.821. The summed E-state index contributed by atoms with van der Waals surface area (Å²) in [7, 11) is 5.34. The third-order valence-electron chi connectivity index (χ3n) is 7.07. The lowest BCUT2D eigenvalue weighted by molar-refractivity contribution is -0.195. The van der Waals surface area contributed by atoms with Crippen molar-refractivity contribution in [1.29, 1.82) is 0 Å². The largest absolute Gasteiger partial charge is 0.395 e. The van der Waals surface area contributed by atoms with Crippen molar-refractivity contribution in [3.63, 3.8) is 0 Å². The molecule has 10 heteroatoms. The summed E-state index contributed by atoms with van der Waals surface area (Å²) in [4.78, 5) is 30.9. The van der Waals surface area contributed by atoms with Gasteiger partial charge in [0.15, 0.2) is 0 Å². The molecule has 0 unspecified atom stereocenters. The van der Waals surface area contributed by atoms with Crippen LogP contribution in [0.15, 0.2) is 36.5 Å². The predicted molar refractivity (Wildman–Crippen MR) is 133 cm³/mol. The van der Waals surface area contributed by atoms with Crippen LogP contribution in [0.5, 0.6) is 0 Å². The Hall–Kier alpha value is -2.65. The van der Waals surface area contributed by atoms with Gasteiger partial charge in [0.05, 0.1) is 10.4 Å². The standard InChI is InChI=1S/C26H32ClF3N4O2/c1-16-11-18(24(36)31-2)6-5-17(16)12-20(34(3)4)15-33-23(35)13-21(22-8-7-19(27)14-32-22)25(9-10-25)26(28,29)30/h5-8,11,14,20-21H,9-10,12-13,15H2,1-4H3,(H,31,36)(H,33,35)/t20-,21+/m0/s1. The van der Waals surface area contributed by atoms with E-state index in [-0.39, 0.29) is 43.5 Å². The second kappa shape index (κ2) is 11.2. The van der Waals surface area contributed by atoms with Gasteiger partial charge >= 0.3 is 6.18 Å². The highest BCUT2D eigenvalue weighted by molar-refractivity contribution is 6.30. The molecule has 1 aliphatic rings. The van der Waals surface area contributed by atoms with Crippen LogP contribution in [-0.2, 0) is 11.2 Å². The van der Waals surface area contributed by atoms with Gasteiger partial charge < -0.3 is 15.5 Å². The number of aromatic nitrogens is 1. The van der Waals surface area contributed by atoms with E-state index < -0.39 is 23.4 Å². The van der Waals surface area contributed by atoms with Gasteiger partial charge in [-0.25, -0.2) is 0 Å². The third-order valence-corrected chi connectivity index (χ3v) is 7.29. The van der Waals surface area contributed by atoms with Crippen LogP contribution in [0.2, 0.25) is 5.02 Å². The number of amides is 2. The number of nitrogens with zero attached hydrogens (tertiary/aromatic N) is 2. The topological polar surface area (TPSA) is 74.3 Å². The van der Waals surface area contributed by atoms with E-state index in [4.69, 9.17) is 11.6 Å². The number of pyridine rings is 1. The number of likely N-dealkylation sites (N-methyl/N-ethyl adjacent to an activating group) is 1. The Labute approximate surface area is 214 Å². The van der Waals surface area contributed by atoms with Crippen molar-refractivity contribution in [2.75, 3.05) is 27.7 Å². The van der Waals surface area contributed by atoms with Gasteiger partial charge in [-0.1, -0.05) is 17.7 Å². The summed E-state index contributed by atoms with van der Waals surface area (Å²) in [5.74, 6) is -1.70. The van der Waals surface area contributed by atoms with Gasteiger partial charge in [0.2, 0.25) is 5.91 Å². The highest BCUT2D eigenvalue weighted by Gasteiger charge is 2.67. The van der Waals surface area contributed by atoms with Crippen molar-refractivity contribution in [1.82, 2.24) is 20.5 Å². The van der Waals surface area contributed by atoms with E-state index in [1.165, 1.54) is 18.3 Å². The van der Waals surface area contributed by atoms with Crippen molar-refractivity contribution in [2.24, 2.45) is 5.41 Å². The number of hydrogen-bond acceptors (Lipinski definition) is 4. The first-order valence-electron chi connectivity index (χ1n) is 11.8. The molecule has 196 valence electrons. The Morgan fingerprint density at radius 3 is 2.39 bits per heavy atom. The fraction of sp³-hybridized carbons (Fsp3) is 0.500. The van der Waals surface area contributed by atoms with Crippen molar-refractivity contribution < 1.29 is 22.8 Å². The molecule has 2 atom stereocenters. The van der Waals surface area contributed by atoms with E-state index in [1.807, 2.05) is 38.1 Å². The molecule has 1 aromatic carbocycles. The maximum absolute atomic E-state index is 13.9. The summed E-state index contributed by atoms with van der Waals surface area (Å²) in [5, 5.41) is 5.76. The van der Waals surface area contributed by atoms with Crippen molar-refractivity contribution >= 4 is 23.4 Å². The summed E-state index contributed by atoms with van der Waals surface area (Å²) < 4.78 is 41.8. The molecule has 2 aromatic rings. The Morgan fingerprint density at radius 2 is 1.89 bits per heavy atom. The predicted octanol–water partition coefficient (Wildman–Crippen LogP) is 4.51. The van der Waals surface area contributed by atoms with Gasteiger partial charge in [-0.15, -0.1) is 0 Å². The Bertz CT molecular complexity index is 1090. The van der Waals surface area contributed by atoms with Crippen LogP contribution in [0.4, 0.5) is 13.2 Å². The molecule has 0 spiro atoms. The highest BCUT2D eigenvalue weighted by Crippen LogP contribution is 2.65. The number of rotatable bonds is 10. The smallest absolute Gasteiger partial charge is 0.355 e. The lowest BCUT2D eigenvalue weighted by Crippen LogP contribution is -2.43. The summed E-state index contributed by atoms with van der Waals surface area (Å²) >= 11 is 5.88. The molecular formula is C26H32ClF3N4O2. The number of aryl methyl sites for hydroxylation is 1. The maximum atomic E-state index is 13.9. The van der Waals surface area contributed by atoms with Gasteiger partial charge in [-0.05, 0) is 75.7 Å². The van der Waals surface area contributed by atoms with Crippen LogP contribution < -0.4 is 10.6 Å². The van der Waals surface area contributed by atoms with Crippen LogP contribution in [0.3, 0.4) is 0 Å². The van der Waals surface area contributed by atoms with Crippen LogP contribution in [0.25, 0.3) is 0 Å². The molecule has 1 fully saturated rings. The van der Waals surface area contributed by atoms with Crippen LogP contribution in [-0.4, -0.2) is 61.6 Å². The Morgan fingerprint density at radius 1 is 1.19 bits per heavy atom. The van der Waals surface area contributed by atoms with Gasteiger partial charge in [0, 0.05) is 49.4 Å². The molecule has 3 rings (SSSR count). The quantitative estimate of drug-likeness (QED) is 0.480. The first kappa shape index (κ1) is 27.9. The number of halogens is 4. The number of carbonyl (C=O) groups excluding carboxylic acids is 2. The van der Waals surface area contributed by atoms with Crippen LogP contribution in [0, 0.1) is 12.3 Å². The Balaban J connectivity index is 1.70. The first-order chi connectivity index (χ1) is 16.9. The van der Waals surface area contributed by atoms with E-state index in [1.54, 1.807) is 13.1 Å². The van der Waals surface area contributed by atoms with Crippen LogP contribution in [0.1, 0.15) is 52.4 Å². The zero-order valence-corrected chi connectivity index (χ0v) is 21.6. The number of nitrogens with one attached hydrogen (secondary N) is 2. The van der Waals surface area contributed by atoms with E-state index in [2.05, 4.69) is 15.6 Å². The fourth-order valence-corrected chi connectivity index (χ4v) is 4.64. The van der Waals surface area contributed by atoms with Crippen molar-refractivity contribution in [2.45, 2.75) is 50.7 Å². The lowest BCUT2D eigenvalue weighted by Gasteiger charge is -2.29. The molecule has 1 heterocycles. The number of alkyl halides is 3. The minimum atomic E-state index is -4.43. The number of hydrogen-bond donors (Lipinski definition) is 2. The lowest BCUT2D eigenvalue weighted by atomic mass is 9.82. The Kier molecular flexibility index (Phi) is 8.67. The third kappa shape index (κ3) is 6.37. The van der Waals surface area contributed by atoms with E-state index in [9.17, 15) is 22.8 Å². The minimum Gasteiger partial charge on any atom is -0.355 e. The molecule has 1 aliphatic carbocycles. The molecule has 0 radical (unpaired) electrons. The zero-order valence-electron chi connectivity index (χ0n) is 20.9. The molecule has 0 bridgehead atoms. The second-order valence-corrected chi connectivity index (χ2v) is 10.1. The van der Waals surface area contributed by atoms with Gasteiger partial charge in [-0.2, -0.15) is 13.2 Å². The van der Waals surface area contributed by atoms with Gasteiger partial charge in [0.25, 0.3) is 5.91 Å². The molecule has 2 amide bonds. The highest BCUT2D eigenvalue weighted by atomic mass is 35.5. The molecule has 6 nitrogen and oxygen atoms in total. The first-order valence-corrected chi connectivity index (χ1v) is 12.2. The molecule has 1 saturated carbocycles. The van der Waals surface area contributed by atoms with E-state index in [0.717, 1.165) is 11.1 Å². The fourth-order valence-electron chi connectivity index (χ4n) is 4.53. The minimum absolute atomic E-state index is 0.0234.